The number of aryl methyl sites for hydroxylation is 1. The van der Waals surface area contributed by atoms with Gasteiger partial charge in [-0.05, 0) is 55.1 Å². The third-order valence-corrected chi connectivity index (χ3v) is 5.65. The molecule has 28 heavy (non-hydrogen) atoms. The van der Waals surface area contributed by atoms with E-state index in [1.807, 2.05) is 0 Å². The fourth-order valence-electron chi connectivity index (χ4n) is 4.27. The first kappa shape index (κ1) is 16.8. The van der Waals surface area contributed by atoms with Gasteiger partial charge in [-0.3, -0.25) is 0 Å². The van der Waals surface area contributed by atoms with Crippen molar-refractivity contribution < 1.29 is 0 Å². The van der Waals surface area contributed by atoms with Gasteiger partial charge in [-0.2, -0.15) is 0 Å². The standard InChI is InChI=1S/C16H10.C12H12/c1-3-11-7-9-13-5-2-6-14-10-8-12(4-1)15(11)16(13)14;1-2-10-7-5-8-11-6-3-4-9-12(10)11/h1-10H;3-9H,2H2,1H3. The van der Waals surface area contributed by atoms with Crippen LogP contribution in [0.5, 0.6) is 0 Å². The summed E-state index contributed by atoms with van der Waals surface area (Å²) in [5.74, 6) is 0. The Kier molecular flexibility index (Phi) is 4.18. The van der Waals surface area contributed by atoms with Gasteiger partial charge in [-0.25, -0.2) is 0 Å². The first-order valence-electron chi connectivity index (χ1n) is 9.94. The molecule has 0 N–H and O–H groups in total. The van der Waals surface area contributed by atoms with Crippen LogP contribution in [-0.2, 0) is 6.42 Å². The highest BCUT2D eigenvalue weighted by molar-refractivity contribution is 6.22. The van der Waals surface area contributed by atoms with Crippen molar-refractivity contribution in [2.45, 2.75) is 13.3 Å². The lowest BCUT2D eigenvalue weighted by atomic mass is 9.95. The number of hydrogen-bond donors (Lipinski definition) is 0. The molecule has 0 aliphatic carbocycles. The van der Waals surface area contributed by atoms with Crippen LogP contribution in [-0.4, -0.2) is 0 Å². The molecule has 0 nitrogen and oxygen atoms in total. The van der Waals surface area contributed by atoms with E-state index in [0.29, 0.717) is 0 Å². The molecule has 0 bridgehead atoms. The average molecular weight is 358 g/mol. The monoisotopic (exact) mass is 358 g/mol. The Bertz CT molecular complexity index is 1260. The molecule has 0 spiro atoms. The molecule has 0 atom stereocenters. The lowest BCUT2D eigenvalue weighted by Gasteiger charge is -2.09. The van der Waals surface area contributed by atoms with E-state index in [2.05, 4.69) is 110 Å². The summed E-state index contributed by atoms with van der Waals surface area (Å²) >= 11 is 0. The maximum atomic E-state index is 2.21. The molecule has 0 aliphatic rings. The second-order valence-corrected chi connectivity index (χ2v) is 7.28. The largest absolute Gasteiger partial charge is 0.0616 e. The fourth-order valence-corrected chi connectivity index (χ4v) is 4.27. The van der Waals surface area contributed by atoms with Gasteiger partial charge in [0.05, 0.1) is 0 Å². The van der Waals surface area contributed by atoms with Gasteiger partial charge in [-0.1, -0.05) is 110 Å². The number of fused-ring (bicyclic) bond motifs is 1. The van der Waals surface area contributed by atoms with Crippen LogP contribution in [0.3, 0.4) is 0 Å². The normalized spacial score (nSPS) is 11.2. The van der Waals surface area contributed by atoms with E-state index in [1.54, 1.807) is 0 Å². The zero-order chi connectivity index (χ0) is 18.9. The quantitative estimate of drug-likeness (QED) is 0.261. The second-order valence-electron chi connectivity index (χ2n) is 7.28. The Morgan fingerprint density at radius 3 is 1.39 bits per heavy atom. The number of hydrogen-bond acceptors (Lipinski definition) is 0. The molecule has 0 aliphatic heterocycles. The van der Waals surface area contributed by atoms with Crippen molar-refractivity contribution in [3.05, 3.63) is 109 Å². The summed E-state index contributed by atoms with van der Waals surface area (Å²) in [7, 11) is 0. The summed E-state index contributed by atoms with van der Waals surface area (Å²) in [5, 5.41) is 10.9. The zero-order valence-electron chi connectivity index (χ0n) is 16.0. The van der Waals surface area contributed by atoms with Gasteiger partial charge in [0.2, 0.25) is 0 Å². The molecule has 0 saturated heterocycles. The summed E-state index contributed by atoms with van der Waals surface area (Å²) in [6.07, 6.45) is 1.11. The molecule has 0 radical (unpaired) electrons. The predicted octanol–water partition coefficient (Wildman–Crippen LogP) is 7.99. The van der Waals surface area contributed by atoms with Crippen LogP contribution in [0.2, 0.25) is 0 Å². The van der Waals surface area contributed by atoms with E-state index >= 15 is 0 Å². The third-order valence-electron chi connectivity index (χ3n) is 5.65. The Labute approximate surface area is 165 Å². The molecular weight excluding hydrogens is 336 g/mol. The van der Waals surface area contributed by atoms with Gasteiger partial charge in [0.1, 0.15) is 0 Å². The van der Waals surface area contributed by atoms with Crippen LogP contribution in [0.4, 0.5) is 0 Å². The second kappa shape index (κ2) is 6.98. The summed E-state index contributed by atoms with van der Waals surface area (Å²) in [4.78, 5) is 0. The molecule has 0 unspecified atom stereocenters. The molecule has 134 valence electrons. The molecule has 0 amide bonds. The highest BCUT2D eigenvalue weighted by Gasteiger charge is 2.06. The first-order chi connectivity index (χ1) is 13.8. The Morgan fingerprint density at radius 1 is 0.429 bits per heavy atom. The summed E-state index contributed by atoms with van der Waals surface area (Å²) in [6.45, 7) is 2.20. The summed E-state index contributed by atoms with van der Waals surface area (Å²) < 4.78 is 0. The number of benzene rings is 6. The van der Waals surface area contributed by atoms with Crippen LogP contribution in [0, 0.1) is 0 Å². The van der Waals surface area contributed by atoms with E-state index < -0.39 is 0 Å². The van der Waals surface area contributed by atoms with Crippen molar-refractivity contribution in [1.29, 1.82) is 0 Å². The van der Waals surface area contributed by atoms with E-state index in [1.165, 1.54) is 48.7 Å². The maximum Gasteiger partial charge on any atom is -0.00268 e. The minimum absolute atomic E-state index is 1.11. The van der Waals surface area contributed by atoms with Crippen molar-refractivity contribution in [1.82, 2.24) is 0 Å². The van der Waals surface area contributed by atoms with E-state index in [4.69, 9.17) is 0 Å². The van der Waals surface area contributed by atoms with Crippen molar-refractivity contribution >= 4 is 43.1 Å². The van der Waals surface area contributed by atoms with Crippen molar-refractivity contribution in [3.63, 3.8) is 0 Å². The van der Waals surface area contributed by atoms with Gasteiger partial charge < -0.3 is 0 Å². The van der Waals surface area contributed by atoms with Crippen LogP contribution < -0.4 is 0 Å². The molecule has 0 fully saturated rings. The van der Waals surface area contributed by atoms with Gasteiger partial charge >= 0.3 is 0 Å². The lowest BCUT2D eigenvalue weighted by Crippen LogP contribution is -1.82. The SMILES string of the molecule is CCc1cccc2ccccc12.c1cc2ccc3cccc4ccc(c1)c2c34. The highest BCUT2D eigenvalue weighted by Crippen LogP contribution is 2.33. The molecule has 0 heterocycles. The minimum Gasteiger partial charge on any atom is -0.0616 e. The van der Waals surface area contributed by atoms with Gasteiger partial charge in [-0.15, -0.1) is 0 Å². The van der Waals surface area contributed by atoms with Crippen LogP contribution in [0.25, 0.3) is 43.1 Å². The Morgan fingerprint density at radius 2 is 0.857 bits per heavy atom. The van der Waals surface area contributed by atoms with Gasteiger partial charge in [0, 0.05) is 0 Å². The average Bonchev–Trinajstić information content (AvgIpc) is 2.78. The summed E-state index contributed by atoms with van der Waals surface area (Å²) in [5.41, 5.74) is 1.44. The van der Waals surface area contributed by atoms with Crippen molar-refractivity contribution in [2.24, 2.45) is 0 Å². The zero-order valence-corrected chi connectivity index (χ0v) is 16.0. The number of rotatable bonds is 1. The van der Waals surface area contributed by atoms with Gasteiger partial charge in [0.25, 0.3) is 0 Å². The minimum atomic E-state index is 1.11. The van der Waals surface area contributed by atoms with Crippen LogP contribution >= 0.6 is 0 Å². The Balaban J connectivity index is 0.000000128. The predicted molar refractivity (Wildman–Crippen MR) is 123 cm³/mol. The molecule has 0 saturated carbocycles. The van der Waals surface area contributed by atoms with Crippen LogP contribution in [0.1, 0.15) is 12.5 Å². The fraction of sp³-hybridized carbons (Fsp3) is 0.0714. The lowest BCUT2D eigenvalue weighted by molar-refractivity contribution is 1.16. The Hall–Kier alpha value is -3.38. The maximum absolute atomic E-state index is 2.21. The smallest absolute Gasteiger partial charge is 0.00268 e. The molecule has 6 aromatic rings. The molecule has 0 aromatic heterocycles. The highest BCUT2D eigenvalue weighted by atomic mass is 14.1. The van der Waals surface area contributed by atoms with E-state index in [0.717, 1.165) is 6.42 Å². The topological polar surface area (TPSA) is 0 Å². The van der Waals surface area contributed by atoms with Crippen molar-refractivity contribution in [3.8, 4) is 0 Å². The summed E-state index contributed by atoms with van der Waals surface area (Å²) in [6, 6.07) is 36.9. The van der Waals surface area contributed by atoms with Crippen molar-refractivity contribution in [2.75, 3.05) is 0 Å². The van der Waals surface area contributed by atoms with Crippen LogP contribution in [0.15, 0.2) is 103 Å². The van der Waals surface area contributed by atoms with E-state index in [9.17, 15) is 0 Å². The van der Waals surface area contributed by atoms with E-state index in [-0.39, 0.29) is 0 Å². The first-order valence-corrected chi connectivity index (χ1v) is 9.94. The molecule has 6 aromatic carbocycles. The van der Waals surface area contributed by atoms with Gasteiger partial charge in [0.15, 0.2) is 0 Å². The molecule has 0 heteroatoms. The molecule has 6 rings (SSSR count). The molecular formula is C28H22. The third kappa shape index (κ3) is 2.78.